The first kappa shape index (κ1) is 17.8. The number of halogens is 1. The highest BCUT2D eigenvalue weighted by atomic mass is 35.5. The number of nitrogens with one attached hydrogen (secondary N) is 2. The number of benzene rings is 1. The van der Waals surface area contributed by atoms with Gasteiger partial charge in [-0.25, -0.2) is 0 Å². The van der Waals surface area contributed by atoms with E-state index in [1.807, 2.05) is 0 Å². The van der Waals surface area contributed by atoms with Crippen LogP contribution in [0.15, 0.2) is 30.3 Å². The van der Waals surface area contributed by atoms with E-state index >= 15 is 0 Å². The zero-order chi connectivity index (χ0) is 15.7. The number of carbonyl (C=O) groups is 1. The summed E-state index contributed by atoms with van der Waals surface area (Å²) < 4.78 is 0. The second kappa shape index (κ2) is 7.45. The fraction of sp³-hybridized carbons (Fsp3) is 0.650. The maximum Gasteiger partial charge on any atom is 0.223 e. The van der Waals surface area contributed by atoms with Crippen molar-refractivity contribution >= 4 is 18.3 Å². The number of rotatable bonds is 3. The second-order valence-corrected chi connectivity index (χ2v) is 7.79. The molecule has 3 unspecified atom stereocenters. The van der Waals surface area contributed by atoms with Crippen LogP contribution in [-0.4, -0.2) is 25.0 Å². The molecule has 4 heteroatoms. The third-order valence-electron chi connectivity index (χ3n) is 6.43. The molecule has 3 atom stereocenters. The van der Waals surface area contributed by atoms with Gasteiger partial charge in [-0.15, -0.1) is 12.4 Å². The number of hydrogen-bond donors (Lipinski definition) is 2. The molecule has 0 aromatic heterocycles. The van der Waals surface area contributed by atoms with Crippen LogP contribution in [0.1, 0.15) is 56.4 Å². The Labute approximate surface area is 151 Å². The van der Waals surface area contributed by atoms with Gasteiger partial charge in [0.25, 0.3) is 0 Å². The van der Waals surface area contributed by atoms with E-state index in [9.17, 15) is 4.79 Å². The highest BCUT2D eigenvalue weighted by Gasteiger charge is 2.57. The summed E-state index contributed by atoms with van der Waals surface area (Å²) in [7, 11) is 0. The summed E-state index contributed by atoms with van der Waals surface area (Å²) in [6.07, 6.45) is 8.33. The molecule has 1 aromatic rings. The molecule has 1 saturated heterocycles. The van der Waals surface area contributed by atoms with Crippen LogP contribution in [0.4, 0.5) is 0 Å². The van der Waals surface area contributed by atoms with Crippen LogP contribution in [-0.2, 0) is 4.79 Å². The van der Waals surface area contributed by atoms with E-state index in [0.717, 1.165) is 25.9 Å². The molecular weight excluding hydrogens is 320 g/mol. The first-order valence-electron chi connectivity index (χ1n) is 9.35. The van der Waals surface area contributed by atoms with Gasteiger partial charge in [0, 0.05) is 17.9 Å². The molecule has 4 rings (SSSR count). The van der Waals surface area contributed by atoms with Gasteiger partial charge < -0.3 is 10.6 Å². The van der Waals surface area contributed by atoms with Crippen molar-refractivity contribution in [3.8, 4) is 0 Å². The molecule has 3 nitrogen and oxygen atoms in total. The summed E-state index contributed by atoms with van der Waals surface area (Å²) in [6, 6.07) is 11.1. The zero-order valence-electron chi connectivity index (χ0n) is 14.3. The Bertz CT molecular complexity index is 556. The van der Waals surface area contributed by atoms with Gasteiger partial charge in [-0.1, -0.05) is 43.2 Å². The summed E-state index contributed by atoms with van der Waals surface area (Å²) in [4.78, 5) is 12.8. The first-order chi connectivity index (χ1) is 11.3. The number of amides is 1. The van der Waals surface area contributed by atoms with E-state index in [2.05, 4.69) is 41.0 Å². The van der Waals surface area contributed by atoms with Gasteiger partial charge in [0.2, 0.25) is 5.91 Å². The SMILES string of the molecule is Cl.O=C(NC1CCCCC1c1ccccc1)C1CC12CCNCC2. The van der Waals surface area contributed by atoms with Gasteiger partial charge in [0.15, 0.2) is 0 Å². The molecule has 1 heterocycles. The maximum absolute atomic E-state index is 12.8. The van der Waals surface area contributed by atoms with Crippen LogP contribution in [0, 0.1) is 11.3 Å². The monoisotopic (exact) mass is 348 g/mol. The average molecular weight is 349 g/mol. The van der Waals surface area contributed by atoms with Crippen molar-refractivity contribution in [1.82, 2.24) is 10.6 Å². The lowest BCUT2D eigenvalue weighted by molar-refractivity contribution is -0.124. The molecule has 0 bridgehead atoms. The number of hydrogen-bond acceptors (Lipinski definition) is 2. The quantitative estimate of drug-likeness (QED) is 0.875. The predicted molar refractivity (Wildman–Crippen MR) is 99.5 cm³/mol. The minimum Gasteiger partial charge on any atom is -0.352 e. The Morgan fingerprint density at radius 1 is 1.08 bits per heavy atom. The standard InChI is InChI=1S/C20H28N2O.ClH/c23-19(17-14-20(17)10-12-21-13-11-20)22-18-9-5-4-8-16(18)15-6-2-1-3-7-15;/h1-3,6-7,16-18,21H,4-5,8-14H2,(H,22,23);1H. The predicted octanol–water partition coefficient (Wildman–Crippen LogP) is 3.64. The highest BCUT2D eigenvalue weighted by molar-refractivity contribution is 5.85. The molecule has 1 amide bonds. The Balaban J connectivity index is 0.00000169. The Hall–Kier alpha value is -1.06. The normalized spacial score (nSPS) is 31.1. The Kier molecular flexibility index (Phi) is 5.51. The van der Waals surface area contributed by atoms with Crippen LogP contribution in [0.25, 0.3) is 0 Å². The average Bonchev–Trinajstić information content (AvgIpc) is 3.30. The number of carbonyl (C=O) groups excluding carboxylic acids is 1. The van der Waals surface area contributed by atoms with Crippen LogP contribution in [0.5, 0.6) is 0 Å². The lowest BCUT2D eigenvalue weighted by Gasteiger charge is -2.33. The first-order valence-corrected chi connectivity index (χ1v) is 9.35. The van der Waals surface area contributed by atoms with Crippen molar-refractivity contribution in [2.45, 2.75) is 56.9 Å². The molecule has 3 aliphatic rings. The highest BCUT2D eigenvalue weighted by Crippen LogP contribution is 2.58. The summed E-state index contributed by atoms with van der Waals surface area (Å²) in [5.74, 6) is 1.11. The summed E-state index contributed by atoms with van der Waals surface area (Å²) in [5, 5.41) is 6.86. The van der Waals surface area contributed by atoms with Crippen molar-refractivity contribution in [3.05, 3.63) is 35.9 Å². The second-order valence-electron chi connectivity index (χ2n) is 7.79. The molecule has 1 aliphatic heterocycles. The minimum atomic E-state index is 0. The summed E-state index contributed by atoms with van der Waals surface area (Å²) >= 11 is 0. The molecule has 1 aromatic carbocycles. The van der Waals surface area contributed by atoms with Gasteiger partial charge in [-0.3, -0.25) is 4.79 Å². The fourth-order valence-electron chi connectivity index (χ4n) is 4.88. The minimum absolute atomic E-state index is 0. The van der Waals surface area contributed by atoms with Crippen LogP contribution in [0.3, 0.4) is 0 Å². The smallest absolute Gasteiger partial charge is 0.223 e. The molecule has 0 radical (unpaired) electrons. The maximum atomic E-state index is 12.8. The molecular formula is C20H29ClN2O. The Morgan fingerprint density at radius 3 is 2.54 bits per heavy atom. The van der Waals surface area contributed by atoms with E-state index in [1.165, 1.54) is 37.7 Å². The van der Waals surface area contributed by atoms with Crippen molar-refractivity contribution < 1.29 is 4.79 Å². The molecule has 24 heavy (non-hydrogen) atoms. The lowest BCUT2D eigenvalue weighted by Crippen LogP contribution is -2.43. The lowest BCUT2D eigenvalue weighted by atomic mass is 9.80. The molecule has 2 N–H and O–H groups in total. The van der Waals surface area contributed by atoms with Crippen LogP contribution < -0.4 is 10.6 Å². The topological polar surface area (TPSA) is 41.1 Å². The third kappa shape index (κ3) is 3.48. The molecule has 2 saturated carbocycles. The van der Waals surface area contributed by atoms with Crippen molar-refractivity contribution in [2.75, 3.05) is 13.1 Å². The van der Waals surface area contributed by atoms with Gasteiger partial charge in [0.05, 0.1) is 0 Å². The van der Waals surface area contributed by atoms with Gasteiger partial charge in [-0.05, 0) is 56.2 Å². The fourth-order valence-corrected chi connectivity index (χ4v) is 4.88. The third-order valence-corrected chi connectivity index (χ3v) is 6.43. The molecule has 1 spiro atoms. The van der Waals surface area contributed by atoms with E-state index in [-0.39, 0.29) is 18.3 Å². The molecule has 3 fully saturated rings. The van der Waals surface area contributed by atoms with Crippen molar-refractivity contribution in [3.63, 3.8) is 0 Å². The zero-order valence-corrected chi connectivity index (χ0v) is 15.1. The van der Waals surface area contributed by atoms with Crippen LogP contribution >= 0.6 is 12.4 Å². The molecule has 132 valence electrons. The van der Waals surface area contributed by atoms with E-state index < -0.39 is 0 Å². The summed E-state index contributed by atoms with van der Waals surface area (Å²) in [5.41, 5.74) is 1.73. The van der Waals surface area contributed by atoms with Crippen LogP contribution in [0.2, 0.25) is 0 Å². The van der Waals surface area contributed by atoms with E-state index in [4.69, 9.17) is 0 Å². The van der Waals surface area contributed by atoms with Gasteiger partial charge in [-0.2, -0.15) is 0 Å². The van der Waals surface area contributed by atoms with E-state index in [0.29, 0.717) is 23.3 Å². The van der Waals surface area contributed by atoms with Gasteiger partial charge in [0.1, 0.15) is 0 Å². The largest absolute Gasteiger partial charge is 0.352 e. The Morgan fingerprint density at radius 2 is 1.79 bits per heavy atom. The van der Waals surface area contributed by atoms with Gasteiger partial charge >= 0.3 is 0 Å². The molecule has 2 aliphatic carbocycles. The van der Waals surface area contributed by atoms with E-state index in [1.54, 1.807) is 0 Å². The number of piperidine rings is 1. The van der Waals surface area contributed by atoms with Crippen molar-refractivity contribution in [2.24, 2.45) is 11.3 Å². The van der Waals surface area contributed by atoms with Crippen molar-refractivity contribution in [1.29, 1.82) is 0 Å². The summed E-state index contributed by atoms with van der Waals surface area (Å²) in [6.45, 7) is 2.17.